The number of amides is 1. The van der Waals surface area contributed by atoms with Crippen LogP contribution in [0.4, 0.5) is 4.79 Å². The zero-order valence-electron chi connectivity index (χ0n) is 53.7. The summed E-state index contributed by atoms with van der Waals surface area (Å²) in [5, 5.41) is 35.7. The van der Waals surface area contributed by atoms with Crippen LogP contribution in [-0.4, -0.2) is 104 Å². The van der Waals surface area contributed by atoms with Gasteiger partial charge in [-0.1, -0.05) is 80.5 Å². The fourth-order valence-electron chi connectivity index (χ4n) is 20.6. The molecule has 83 heavy (non-hydrogen) atoms. The molecule has 0 aliphatic heterocycles. The van der Waals surface area contributed by atoms with Crippen LogP contribution >= 0.6 is 0 Å². The Kier molecular flexibility index (Phi) is 22.2. The molecule has 9 aliphatic carbocycles. The molecule has 16 heteroatoms. The van der Waals surface area contributed by atoms with E-state index in [0.717, 1.165) is 77.0 Å². The third-order valence-corrected chi connectivity index (χ3v) is 26.3. The number of ketones is 3. The number of esters is 1. The zero-order valence-corrected chi connectivity index (χ0v) is 55.7. The Balaban J connectivity index is 0.000000222. The van der Waals surface area contributed by atoms with Gasteiger partial charge >= 0.3 is 41.6 Å². The van der Waals surface area contributed by atoms with Crippen LogP contribution in [0.1, 0.15) is 179 Å². The SMILES string of the molecule is C=C[C@]1(C)C[C@@H](O)[C@]2(C)C(C)CC[C@]3(CC[C@@H](OC)C32)[C@@H](C)C1=O.C=C[C@]1(C)C[C@@H](OC(=O)CO)[C@]2(C)C(C)CC[C@]3(CC[C@@H](OC)C32)[C@@H](C)C1=O.C=C[C@]1(C)C[C@@H](OC(N)=O)[C@]2(C)C(C)CC[C@]3(CC[C@@H](OC)C32)[C@@H](C)C1=O.N#C[O-].[Na+]. The second-order valence-electron chi connectivity index (χ2n) is 28.9. The number of carbonyl (C=O) groups is 5. The van der Waals surface area contributed by atoms with Gasteiger partial charge in [0, 0.05) is 103 Å². The number of hydrogen-bond acceptors (Lipinski definition) is 14. The number of allylic oxidation sites excluding steroid dienone is 3. The third-order valence-electron chi connectivity index (χ3n) is 26.3. The molecule has 9 rings (SSSR count). The number of ether oxygens (including phenoxy) is 5. The summed E-state index contributed by atoms with van der Waals surface area (Å²) in [6.07, 6.45) is 17.1. The van der Waals surface area contributed by atoms with Crippen molar-refractivity contribution >= 4 is 29.4 Å². The largest absolute Gasteiger partial charge is 1.00 e. The molecule has 0 radical (unpaired) electrons. The van der Waals surface area contributed by atoms with Crippen LogP contribution in [0, 0.1) is 114 Å². The number of aliphatic hydroxyl groups excluding tert-OH is 2. The predicted molar refractivity (Wildman–Crippen MR) is 312 cm³/mol. The number of nitriles is 1. The van der Waals surface area contributed by atoms with Crippen molar-refractivity contribution < 1.29 is 92.5 Å². The molecule has 0 saturated heterocycles. The molecule has 24 atom stereocenters. The Labute approximate surface area is 520 Å². The minimum absolute atomic E-state index is 0. The fraction of sp³-hybridized carbons (Fsp3) is 0.821. The Hall–Kier alpha value is -2.94. The van der Waals surface area contributed by atoms with Gasteiger partial charge in [-0.25, -0.2) is 14.9 Å². The van der Waals surface area contributed by atoms with Gasteiger partial charge in [0.2, 0.25) is 0 Å². The number of Topliss-reactive ketones (excluding diaryl/α,β-unsaturated/α-hetero) is 3. The number of aliphatic hydroxyl groups is 2. The van der Waals surface area contributed by atoms with Crippen LogP contribution in [0.2, 0.25) is 0 Å². The second-order valence-corrected chi connectivity index (χ2v) is 28.9. The van der Waals surface area contributed by atoms with E-state index < -0.39 is 53.2 Å². The van der Waals surface area contributed by atoms with Crippen LogP contribution in [0.5, 0.6) is 0 Å². The Morgan fingerprint density at radius 2 is 0.855 bits per heavy atom. The molecule has 1 amide bonds. The van der Waals surface area contributed by atoms with Crippen molar-refractivity contribution in [2.45, 2.75) is 216 Å². The van der Waals surface area contributed by atoms with E-state index in [1.165, 1.54) is 0 Å². The van der Waals surface area contributed by atoms with Crippen molar-refractivity contribution in [2.24, 2.45) is 108 Å². The van der Waals surface area contributed by atoms with E-state index in [0.29, 0.717) is 43.3 Å². The first-order valence-electron chi connectivity index (χ1n) is 30.8. The summed E-state index contributed by atoms with van der Waals surface area (Å²) >= 11 is 0. The summed E-state index contributed by atoms with van der Waals surface area (Å²) in [6, 6.07) is 0. The summed E-state index contributed by atoms with van der Waals surface area (Å²) in [7, 11) is 5.30. The number of nitrogens with two attached hydrogens (primary N) is 1. The average Bonchev–Trinajstić information content (AvgIpc) is 2.26. The van der Waals surface area contributed by atoms with Gasteiger partial charge in [0.15, 0.2) is 0 Å². The minimum atomic E-state index is -0.774. The van der Waals surface area contributed by atoms with Gasteiger partial charge in [-0.05, 0) is 144 Å². The number of nitrogens with zero attached hydrogens (tertiary/aromatic N) is 1. The van der Waals surface area contributed by atoms with Crippen molar-refractivity contribution in [3.63, 3.8) is 0 Å². The quantitative estimate of drug-likeness (QED) is 0.0878. The number of carbonyl (C=O) groups excluding carboxylic acids is 5. The molecule has 15 nitrogen and oxygen atoms in total. The summed E-state index contributed by atoms with van der Waals surface area (Å²) in [6.45, 7) is 36.8. The maximum absolute atomic E-state index is 13.7. The van der Waals surface area contributed by atoms with Crippen molar-refractivity contribution in [1.29, 1.82) is 5.26 Å². The number of hydrogen-bond donors (Lipinski definition) is 3. The van der Waals surface area contributed by atoms with Gasteiger partial charge < -0.3 is 44.7 Å². The van der Waals surface area contributed by atoms with Crippen LogP contribution in [-0.2, 0) is 42.9 Å². The molecule has 0 spiro atoms. The van der Waals surface area contributed by atoms with Gasteiger partial charge in [-0.15, -0.1) is 19.7 Å². The molecule has 0 heterocycles. The van der Waals surface area contributed by atoms with Crippen molar-refractivity contribution in [2.75, 3.05) is 27.9 Å². The zero-order chi connectivity index (χ0) is 61.7. The maximum Gasteiger partial charge on any atom is 1.00 e. The Morgan fingerprint density at radius 3 is 1.14 bits per heavy atom. The van der Waals surface area contributed by atoms with E-state index in [1.807, 2.05) is 20.8 Å². The molecule has 6 unspecified atom stereocenters. The third kappa shape index (κ3) is 11.2. The van der Waals surface area contributed by atoms with Crippen LogP contribution < -0.4 is 40.4 Å². The van der Waals surface area contributed by atoms with E-state index in [1.54, 1.807) is 39.6 Å². The monoisotopic (exact) mass is 1170 g/mol. The van der Waals surface area contributed by atoms with Crippen LogP contribution in [0.25, 0.3) is 0 Å². The van der Waals surface area contributed by atoms with Crippen molar-refractivity contribution in [1.82, 2.24) is 0 Å². The first-order valence-corrected chi connectivity index (χ1v) is 30.8. The van der Waals surface area contributed by atoms with Gasteiger partial charge in [0.05, 0.1) is 24.4 Å². The Bertz CT molecular complexity index is 2470. The second kappa shape index (κ2) is 26.0. The Morgan fingerprint density at radius 1 is 0.578 bits per heavy atom. The molecule has 0 aromatic rings. The predicted octanol–water partition coefficient (Wildman–Crippen LogP) is 7.47. The fourth-order valence-corrected chi connectivity index (χ4v) is 20.6. The van der Waals surface area contributed by atoms with Crippen molar-refractivity contribution in [3.05, 3.63) is 38.0 Å². The normalized spacial score (nSPS) is 48.4. The first-order chi connectivity index (χ1) is 38.2. The summed E-state index contributed by atoms with van der Waals surface area (Å²) in [4.78, 5) is 64.7. The average molecular weight is 1170 g/mol. The molecular formula is C67H105N2NaO13. The van der Waals surface area contributed by atoms with E-state index >= 15 is 0 Å². The van der Waals surface area contributed by atoms with Crippen molar-refractivity contribution in [3.8, 4) is 6.26 Å². The molecular weight excluding hydrogens is 1060 g/mol. The molecule has 6 bridgehead atoms. The smallest absolute Gasteiger partial charge is 0.812 e. The molecule has 4 N–H and O–H groups in total. The molecule has 462 valence electrons. The van der Waals surface area contributed by atoms with Gasteiger partial charge in [0.25, 0.3) is 0 Å². The molecule has 0 aromatic heterocycles. The maximum atomic E-state index is 13.7. The topological polar surface area (TPSA) is 245 Å². The standard InChI is InChI=1S/C23H36O5.C22H35NO4.C21H34O3.CHNO.Na/c1-7-21(4)12-17(28-18(25)13-24)22(5)14(2)8-10-23(15(3)20(21)26)11-9-16(27-6)19(22)23;1-7-20(4)12-16(27-19(23)25)21(5)13(2)8-10-22(14(3)18(20)24)11-9-15(26-6)17(21)22;1-7-19(4)12-16(22)20(5)13(2)8-10-21(14(3)18(19)23)11-9-15(24-6)17(20)21;2-1-3;/h7,14-17,19,24H,1,8-13H2,2-6H3;7,13-17H,1,8-12H2,2-6H3,(H2,23,25);7,13-17,22H,1,8-12H2,2-6H3;3H;/q;;;;+1/p-1/t14?,15-,16+,17+,19?,21+,22-,23-;13?,14-,15+,16+,17?,20+,21-,22-;13?,14-,15+,16+,17?,19+,20-,21-;;/m000../s1. The number of rotatable bonds is 9. The molecule has 9 fully saturated rings. The summed E-state index contributed by atoms with van der Waals surface area (Å²) in [5.74, 6) is 1.47. The van der Waals surface area contributed by atoms with E-state index in [9.17, 15) is 34.2 Å². The number of methoxy groups -OCH3 is 3. The minimum Gasteiger partial charge on any atom is -0.812 e. The summed E-state index contributed by atoms with van der Waals surface area (Å²) in [5.41, 5.74) is 2.19. The van der Waals surface area contributed by atoms with Crippen LogP contribution in [0.15, 0.2) is 38.0 Å². The van der Waals surface area contributed by atoms with Gasteiger partial charge in [-0.2, -0.15) is 0 Å². The van der Waals surface area contributed by atoms with E-state index in [-0.39, 0.29) is 133 Å². The molecule has 0 aromatic carbocycles. The number of primary amides is 1. The summed E-state index contributed by atoms with van der Waals surface area (Å²) < 4.78 is 29.4. The van der Waals surface area contributed by atoms with Gasteiger partial charge in [0.1, 0.15) is 36.2 Å². The van der Waals surface area contributed by atoms with Crippen LogP contribution in [0.3, 0.4) is 0 Å². The molecule has 9 saturated carbocycles. The van der Waals surface area contributed by atoms with E-state index in [2.05, 4.69) is 82.1 Å². The van der Waals surface area contributed by atoms with E-state index in [4.69, 9.17) is 39.8 Å². The molecule has 9 aliphatic rings. The van der Waals surface area contributed by atoms with Gasteiger partial charge in [-0.3, -0.25) is 14.4 Å². The first kappa shape index (κ1) is 70.8.